The molecule has 0 bridgehead atoms. The molecule has 0 aromatic heterocycles. The van der Waals surface area contributed by atoms with E-state index in [-0.39, 0.29) is 11.9 Å². The van der Waals surface area contributed by atoms with Gasteiger partial charge in [0.1, 0.15) is 0 Å². The number of benzene rings is 1. The molecule has 19 heavy (non-hydrogen) atoms. The minimum absolute atomic E-state index is 0.162. The Morgan fingerprint density at radius 3 is 2.79 bits per heavy atom. The van der Waals surface area contributed by atoms with Gasteiger partial charge >= 0.3 is 0 Å². The predicted molar refractivity (Wildman–Crippen MR) is 76.7 cm³/mol. The van der Waals surface area contributed by atoms with Gasteiger partial charge in [-0.15, -0.1) is 0 Å². The molecule has 0 saturated heterocycles. The van der Waals surface area contributed by atoms with Crippen LogP contribution in [0, 0.1) is 0 Å². The van der Waals surface area contributed by atoms with Crippen LogP contribution in [0.2, 0.25) is 5.02 Å². The Morgan fingerprint density at radius 1 is 1.37 bits per heavy atom. The van der Waals surface area contributed by atoms with E-state index in [1.807, 2.05) is 0 Å². The molecule has 1 aromatic rings. The zero-order chi connectivity index (χ0) is 13.8. The third-order valence-corrected chi connectivity index (χ3v) is 3.78. The van der Waals surface area contributed by atoms with Gasteiger partial charge < -0.3 is 15.7 Å². The molecule has 5 heteroatoms. The standard InChI is InChI=1S/C14H19ClN2O2/c1-16-11-7-6-9(15)8-10(11)14(19)17-12-4-2-3-5-13(12)18/h6-8,12-13,16,18H,2-5H2,1H3,(H,17,19). The molecule has 0 spiro atoms. The van der Waals surface area contributed by atoms with Crippen LogP contribution in [-0.2, 0) is 0 Å². The molecule has 2 atom stereocenters. The monoisotopic (exact) mass is 282 g/mol. The number of nitrogens with one attached hydrogen (secondary N) is 2. The molecule has 2 unspecified atom stereocenters. The zero-order valence-electron chi connectivity index (χ0n) is 10.9. The topological polar surface area (TPSA) is 61.4 Å². The molecule has 0 aliphatic heterocycles. The number of carbonyl (C=O) groups is 1. The van der Waals surface area contributed by atoms with E-state index >= 15 is 0 Å². The maximum atomic E-state index is 12.3. The van der Waals surface area contributed by atoms with Gasteiger partial charge in [0, 0.05) is 17.8 Å². The predicted octanol–water partition coefficient (Wildman–Crippen LogP) is 2.42. The number of amides is 1. The van der Waals surface area contributed by atoms with Gasteiger partial charge in [-0.2, -0.15) is 0 Å². The quantitative estimate of drug-likeness (QED) is 0.798. The number of halogens is 1. The molecule has 1 aromatic carbocycles. The number of hydrogen-bond acceptors (Lipinski definition) is 3. The summed E-state index contributed by atoms with van der Waals surface area (Å²) in [6, 6.07) is 4.98. The Hall–Kier alpha value is -1.26. The summed E-state index contributed by atoms with van der Waals surface area (Å²) in [5, 5.41) is 16.3. The van der Waals surface area contributed by atoms with Crippen LogP contribution < -0.4 is 10.6 Å². The van der Waals surface area contributed by atoms with Crippen LogP contribution in [-0.4, -0.2) is 30.2 Å². The average Bonchev–Trinajstić information content (AvgIpc) is 2.41. The van der Waals surface area contributed by atoms with Gasteiger partial charge in [-0.1, -0.05) is 24.4 Å². The van der Waals surface area contributed by atoms with E-state index in [0.717, 1.165) is 31.4 Å². The Balaban J connectivity index is 2.13. The molecule has 1 aliphatic rings. The van der Waals surface area contributed by atoms with Crippen LogP contribution >= 0.6 is 11.6 Å². The van der Waals surface area contributed by atoms with E-state index < -0.39 is 6.10 Å². The number of aliphatic hydroxyl groups excluding tert-OH is 1. The SMILES string of the molecule is CNc1ccc(Cl)cc1C(=O)NC1CCCCC1O. The summed E-state index contributed by atoms with van der Waals surface area (Å²) < 4.78 is 0. The first-order chi connectivity index (χ1) is 9.11. The number of carbonyl (C=O) groups excluding carboxylic acids is 1. The molecule has 4 nitrogen and oxygen atoms in total. The van der Waals surface area contributed by atoms with Gasteiger partial charge in [0.05, 0.1) is 17.7 Å². The molecule has 2 rings (SSSR count). The summed E-state index contributed by atoms with van der Waals surface area (Å²) in [6.07, 6.45) is 3.18. The first-order valence-electron chi connectivity index (χ1n) is 6.58. The van der Waals surface area contributed by atoms with Crippen molar-refractivity contribution in [3.8, 4) is 0 Å². The number of rotatable bonds is 3. The number of aliphatic hydroxyl groups is 1. The fraction of sp³-hybridized carbons (Fsp3) is 0.500. The van der Waals surface area contributed by atoms with Crippen LogP contribution in [0.15, 0.2) is 18.2 Å². The van der Waals surface area contributed by atoms with Crippen molar-refractivity contribution in [2.24, 2.45) is 0 Å². The summed E-state index contributed by atoms with van der Waals surface area (Å²) in [4.78, 5) is 12.3. The lowest BCUT2D eigenvalue weighted by Crippen LogP contribution is -2.45. The molecule has 3 N–H and O–H groups in total. The largest absolute Gasteiger partial charge is 0.391 e. The Morgan fingerprint density at radius 2 is 2.11 bits per heavy atom. The fourth-order valence-corrected chi connectivity index (χ4v) is 2.62. The normalized spacial score (nSPS) is 22.9. The number of hydrogen-bond donors (Lipinski definition) is 3. The number of anilines is 1. The highest BCUT2D eigenvalue weighted by Crippen LogP contribution is 2.22. The fourth-order valence-electron chi connectivity index (χ4n) is 2.45. The lowest BCUT2D eigenvalue weighted by atomic mass is 9.92. The molecular weight excluding hydrogens is 264 g/mol. The highest BCUT2D eigenvalue weighted by Gasteiger charge is 2.25. The lowest BCUT2D eigenvalue weighted by Gasteiger charge is -2.28. The van der Waals surface area contributed by atoms with Crippen molar-refractivity contribution in [1.82, 2.24) is 5.32 Å². The van der Waals surface area contributed by atoms with Gasteiger partial charge in [0.2, 0.25) is 0 Å². The first-order valence-corrected chi connectivity index (χ1v) is 6.96. The average molecular weight is 283 g/mol. The maximum Gasteiger partial charge on any atom is 0.253 e. The van der Waals surface area contributed by atoms with E-state index in [1.54, 1.807) is 25.2 Å². The maximum absolute atomic E-state index is 12.3. The van der Waals surface area contributed by atoms with E-state index in [2.05, 4.69) is 10.6 Å². The second kappa shape index (κ2) is 6.26. The summed E-state index contributed by atoms with van der Waals surface area (Å²) in [5.41, 5.74) is 1.24. The highest BCUT2D eigenvalue weighted by atomic mass is 35.5. The lowest BCUT2D eigenvalue weighted by molar-refractivity contribution is 0.0718. The first kappa shape index (κ1) is 14.2. The Labute approximate surface area is 118 Å². The van der Waals surface area contributed by atoms with E-state index in [9.17, 15) is 9.90 Å². The van der Waals surface area contributed by atoms with Crippen LogP contribution in [0.3, 0.4) is 0 Å². The highest BCUT2D eigenvalue weighted by molar-refractivity contribution is 6.31. The van der Waals surface area contributed by atoms with Crippen LogP contribution in [0.4, 0.5) is 5.69 Å². The second-order valence-electron chi connectivity index (χ2n) is 4.87. The van der Waals surface area contributed by atoms with Crippen molar-refractivity contribution in [1.29, 1.82) is 0 Å². The molecular formula is C14H19ClN2O2. The van der Waals surface area contributed by atoms with Gasteiger partial charge in [0.25, 0.3) is 5.91 Å². The van der Waals surface area contributed by atoms with Gasteiger partial charge in [-0.05, 0) is 31.0 Å². The van der Waals surface area contributed by atoms with Crippen molar-refractivity contribution in [3.63, 3.8) is 0 Å². The van der Waals surface area contributed by atoms with Gasteiger partial charge in [0.15, 0.2) is 0 Å². The third kappa shape index (κ3) is 3.39. The second-order valence-corrected chi connectivity index (χ2v) is 5.31. The van der Waals surface area contributed by atoms with Crippen molar-refractivity contribution >= 4 is 23.2 Å². The molecule has 1 aliphatic carbocycles. The molecule has 0 heterocycles. The van der Waals surface area contributed by atoms with E-state index in [0.29, 0.717) is 10.6 Å². The molecule has 104 valence electrons. The van der Waals surface area contributed by atoms with Gasteiger partial charge in [-0.25, -0.2) is 0 Å². The van der Waals surface area contributed by atoms with Crippen molar-refractivity contribution in [3.05, 3.63) is 28.8 Å². The van der Waals surface area contributed by atoms with E-state index in [4.69, 9.17) is 11.6 Å². The molecule has 1 fully saturated rings. The molecule has 1 saturated carbocycles. The minimum Gasteiger partial charge on any atom is -0.391 e. The van der Waals surface area contributed by atoms with Crippen molar-refractivity contribution in [2.45, 2.75) is 37.8 Å². The van der Waals surface area contributed by atoms with Crippen LogP contribution in [0.5, 0.6) is 0 Å². The smallest absolute Gasteiger partial charge is 0.253 e. The van der Waals surface area contributed by atoms with E-state index in [1.165, 1.54) is 0 Å². The van der Waals surface area contributed by atoms with Crippen LogP contribution in [0.1, 0.15) is 36.0 Å². The minimum atomic E-state index is -0.449. The van der Waals surface area contributed by atoms with Crippen molar-refractivity contribution in [2.75, 3.05) is 12.4 Å². The van der Waals surface area contributed by atoms with Crippen LogP contribution in [0.25, 0.3) is 0 Å². The molecule has 0 radical (unpaired) electrons. The summed E-state index contributed by atoms with van der Waals surface area (Å²) in [6.45, 7) is 0. The summed E-state index contributed by atoms with van der Waals surface area (Å²) >= 11 is 5.93. The summed E-state index contributed by atoms with van der Waals surface area (Å²) in [5.74, 6) is -0.196. The molecule has 1 amide bonds. The Kier molecular flexibility index (Phi) is 4.66. The Bertz CT molecular complexity index is 465. The third-order valence-electron chi connectivity index (χ3n) is 3.54. The van der Waals surface area contributed by atoms with Crippen molar-refractivity contribution < 1.29 is 9.90 Å². The zero-order valence-corrected chi connectivity index (χ0v) is 11.7. The van der Waals surface area contributed by atoms with Gasteiger partial charge in [-0.3, -0.25) is 4.79 Å². The summed E-state index contributed by atoms with van der Waals surface area (Å²) in [7, 11) is 1.76.